The summed E-state index contributed by atoms with van der Waals surface area (Å²) >= 11 is 0. The molecule has 0 spiro atoms. The van der Waals surface area contributed by atoms with Crippen molar-refractivity contribution in [2.24, 2.45) is 0 Å². The molecule has 1 aromatic carbocycles. The minimum Gasteiger partial charge on any atom is -0.324 e. The Labute approximate surface area is 158 Å². The Morgan fingerprint density at radius 3 is 2.74 bits per heavy atom. The Bertz CT molecular complexity index is 828. The fourth-order valence-corrected chi connectivity index (χ4v) is 3.97. The van der Waals surface area contributed by atoms with Gasteiger partial charge in [-0.05, 0) is 50.6 Å². The number of alkyl halides is 2. The van der Waals surface area contributed by atoms with Gasteiger partial charge in [0.25, 0.3) is 5.92 Å². The molecule has 2 N–H and O–H groups in total. The highest BCUT2D eigenvalue weighted by molar-refractivity contribution is 5.56. The molecule has 27 heavy (non-hydrogen) atoms. The van der Waals surface area contributed by atoms with Crippen LogP contribution >= 0.6 is 0 Å². The van der Waals surface area contributed by atoms with E-state index in [2.05, 4.69) is 25.5 Å². The monoisotopic (exact) mass is 373 g/mol. The summed E-state index contributed by atoms with van der Waals surface area (Å²) in [7, 11) is 0. The molecular formula is C20H25F2N5. The van der Waals surface area contributed by atoms with E-state index in [4.69, 9.17) is 0 Å². The lowest BCUT2D eigenvalue weighted by molar-refractivity contribution is 0.0169. The molecule has 0 amide bonds. The molecule has 2 aliphatic heterocycles. The molecular weight excluding hydrogens is 348 g/mol. The predicted octanol–water partition coefficient (Wildman–Crippen LogP) is 3.71. The zero-order valence-electron chi connectivity index (χ0n) is 15.7. The molecule has 1 saturated heterocycles. The van der Waals surface area contributed by atoms with Crippen LogP contribution in [0.15, 0.2) is 24.4 Å². The van der Waals surface area contributed by atoms with Gasteiger partial charge in [-0.1, -0.05) is 6.07 Å². The molecule has 0 unspecified atom stereocenters. The number of aryl methyl sites for hydroxylation is 1. The molecule has 1 fully saturated rings. The Kier molecular flexibility index (Phi) is 4.82. The molecule has 0 saturated carbocycles. The zero-order valence-corrected chi connectivity index (χ0v) is 15.7. The van der Waals surface area contributed by atoms with E-state index in [1.165, 1.54) is 6.07 Å². The van der Waals surface area contributed by atoms with Crippen molar-refractivity contribution in [1.82, 2.24) is 20.2 Å². The first kappa shape index (κ1) is 18.3. The van der Waals surface area contributed by atoms with E-state index in [0.29, 0.717) is 23.2 Å². The molecule has 3 heterocycles. The predicted molar refractivity (Wildman–Crippen MR) is 101 cm³/mol. The zero-order chi connectivity index (χ0) is 19.0. The summed E-state index contributed by atoms with van der Waals surface area (Å²) in [6, 6.07) is 5.54. The molecule has 5 nitrogen and oxygen atoms in total. The molecule has 7 heteroatoms. The van der Waals surface area contributed by atoms with Gasteiger partial charge in [-0.15, -0.1) is 0 Å². The average Bonchev–Trinajstić information content (AvgIpc) is 3.06. The molecule has 0 radical (unpaired) electrons. The van der Waals surface area contributed by atoms with Crippen molar-refractivity contribution in [3.05, 3.63) is 46.8 Å². The van der Waals surface area contributed by atoms with Gasteiger partial charge in [0.05, 0.1) is 5.69 Å². The molecule has 0 atom stereocenters. The Morgan fingerprint density at radius 1 is 1.22 bits per heavy atom. The van der Waals surface area contributed by atoms with E-state index in [-0.39, 0.29) is 5.56 Å². The van der Waals surface area contributed by atoms with E-state index in [1.807, 2.05) is 6.20 Å². The number of hydrogen-bond donors (Lipinski definition) is 2. The third-order valence-corrected chi connectivity index (χ3v) is 5.47. The standard InChI is InChI=1S/C20H25F2N5/c1-13-3-4-15(9-17(13)20(2,21)22)25-19-24-10-14-11-27(12-18(14)26-19)16-5-7-23-8-6-16/h3-4,9-10,16,23H,5-8,11-12H2,1-2H3,(H,24,25,26). The van der Waals surface area contributed by atoms with Crippen molar-refractivity contribution in [3.8, 4) is 0 Å². The van der Waals surface area contributed by atoms with Gasteiger partial charge in [-0.2, -0.15) is 0 Å². The number of aromatic nitrogens is 2. The number of nitrogens with zero attached hydrogens (tertiary/aromatic N) is 3. The van der Waals surface area contributed by atoms with Crippen molar-refractivity contribution < 1.29 is 8.78 Å². The fourth-order valence-electron chi connectivity index (χ4n) is 3.97. The molecule has 0 aliphatic carbocycles. The second-order valence-corrected chi connectivity index (χ2v) is 7.59. The van der Waals surface area contributed by atoms with Crippen LogP contribution in [0, 0.1) is 6.92 Å². The molecule has 144 valence electrons. The van der Waals surface area contributed by atoms with Crippen molar-refractivity contribution in [2.75, 3.05) is 18.4 Å². The second kappa shape index (κ2) is 7.13. The summed E-state index contributed by atoms with van der Waals surface area (Å²) in [6.45, 7) is 6.44. The van der Waals surface area contributed by atoms with Crippen LogP contribution in [0.2, 0.25) is 0 Å². The minimum absolute atomic E-state index is 0.0192. The number of halogens is 2. The number of piperidine rings is 1. The highest BCUT2D eigenvalue weighted by Crippen LogP contribution is 2.32. The van der Waals surface area contributed by atoms with Crippen LogP contribution in [0.1, 0.15) is 42.1 Å². The Hall–Kier alpha value is -2.12. The van der Waals surface area contributed by atoms with Crippen molar-refractivity contribution in [2.45, 2.75) is 51.7 Å². The Balaban J connectivity index is 1.50. The van der Waals surface area contributed by atoms with E-state index in [9.17, 15) is 8.78 Å². The van der Waals surface area contributed by atoms with Crippen LogP contribution in [0.3, 0.4) is 0 Å². The van der Waals surface area contributed by atoms with Crippen LogP contribution < -0.4 is 10.6 Å². The lowest BCUT2D eigenvalue weighted by Gasteiger charge is -2.30. The number of fused-ring (bicyclic) bond motifs is 1. The molecule has 4 rings (SSSR count). The third kappa shape index (κ3) is 3.94. The van der Waals surface area contributed by atoms with Crippen LogP contribution in [0.4, 0.5) is 20.4 Å². The second-order valence-electron chi connectivity index (χ2n) is 7.59. The summed E-state index contributed by atoms with van der Waals surface area (Å²) in [5.41, 5.74) is 3.35. The number of benzene rings is 1. The SMILES string of the molecule is Cc1ccc(Nc2ncc3c(n2)CN(C2CCNCC2)C3)cc1C(C)(F)F. The van der Waals surface area contributed by atoms with Crippen LogP contribution in [-0.2, 0) is 19.0 Å². The lowest BCUT2D eigenvalue weighted by Crippen LogP contribution is -2.40. The normalized spacial score (nSPS) is 18.5. The maximum atomic E-state index is 13.8. The van der Waals surface area contributed by atoms with Gasteiger partial charge in [0, 0.05) is 49.1 Å². The van der Waals surface area contributed by atoms with E-state index in [1.54, 1.807) is 19.1 Å². The van der Waals surface area contributed by atoms with Gasteiger partial charge < -0.3 is 10.6 Å². The van der Waals surface area contributed by atoms with E-state index in [0.717, 1.165) is 57.2 Å². The van der Waals surface area contributed by atoms with Gasteiger partial charge in [-0.3, -0.25) is 4.90 Å². The van der Waals surface area contributed by atoms with Gasteiger partial charge in [0.2, 0.25) is 5.95 Å². The largest absolute Gasteiger partial charge is 0.324 e. The van der Waals surface area contributed by atoms with Gasteiger partial charge >= 0.3 is 0 Å². The summed E-state index contributed by atoms with van der Waals surface area (Å²) in [4.78, 5) is 11.5. The van der Waals surface area contributed by atoms with Crippen LogP contribution in [-0.4, -0.2) is 34.0 Å². The number of rotatable bonds is 4. The van der Waals surface area contributed by atoms with Gasteiger partial charge in [0.15, 0.2) is 0 Å². The lowest BCUT2D eigenvalue weighted by atomic mass is 10.0. The average molecular weight is 373 g/mol. The fraction of sp³-hybridized carbons (Fsp3) is 0.500. The third-order valence-electron chi connectivity index (χ3n) is 5.47. The van der Waals surface area contributed by atoms with Gasteiger partial charge in [-0.25, -0.2) is 18.7 Å². The van der Waals surface area contributed by atoms with Crippen molar-refractivity contribution in [1.29, 1.82) is 0 Å². The Morgan fingerprint density at radius 2 is 2.00 bits per heavy atom. The number of nitrogens with one attached hydrogen (secondary N) is 2. The first-order valence-corrected chi connectivity index (χ1v) is 9.46. The summed E-state index contributed by atoms with van der Waals surface area (Å²) in [5, 5.41) is 6.48. The van der Waals surface area contributed by atoms with Crippen molar-refractivity contribution >= 4 is 11.6 Å². The highest BCUT2D eigenvalue weighted by atomic mass is 19.3. The number of hydrogen-bond acceptors (Lipinski definition) is 5. The van der Waals surface area contributed by atoms with Crippen LogP contribution in [0.5, 0.6) is 0 Å². The number of anilines is 2. The van der Waals surface area contributed by atoms with E-state index >= 15 is 0 Å². The first-order chi connectivity index (χ1) is 12.9. The first-order valence-electron chi connectivity index (χ1n) is 9.46. The molecule has 2 aliphatic rings. The van der Waals surface area contributed by atoms with E-state index < -0.39 is 5.92 Å². The van der Waals surface area contributed by atoms with Crippen molar-refractivity contribution in [3.63, 3.8) is 0 Å². The molecule has 2 aromatic rings. The quantitative estimate of drug-likeness (QED) is 0.856. The maximum Gasteiger partial charge on any atom is 0.270 e. The summed E-state index contributed by atoms with van der Waals surface area (Å²) in [5.74, 6) is -2.43. The van der Waals surface area contributed by atoms with Gasteiger partial charge in [0.1, 0.15) is 0 Å². The molecule has 0 bridgehead atoms. The molecule has 1 aromatic heterocycles. The minimum atomic E-state index is -2.88. The maximum absolute atomic E-state index is 13.8. The highest BCUT2D eigenvalue weighted by Gasteiger charge is 2.29. The smallest absolute Gasteiger partial charge is 0.270 e. The van der Waals surface area contributed by atoms with Crippen LogP contribution in [0.25, 0.3) is 0 Å². The summed E-state index contributed by atoms with van der Waals surface area (Å²) in [6.07, 6.45) is 4.17. The summed E-state index contributed by atoms with van der Waals surface area (Å²) < 4.78 is 27.5. The topological polar surface area (TPSA) is 53.1 Å².